The van der Waals surface area contributed by atoms with E-state index in [9.17, 15) is 4.79 Å². The quantitative estimate of drug-likeness (QED) is 0.620. The van der Waals surface area contributed by atoms with Gasteiger partial charge in [0.25, 0.3) is 0 Å². The molecule has 0 unspecified atom stereocenters. The van der Waals surface area contributed by atoms with Crippen LogP contribution < -0.4 is 11.1 Å². The molecule has 0 aliphatic heterocycles. The summed E-state index contributed by atoms with van der Waals surface area (Å²) >= 11 is 0. The van der Waals surface area contributed by atoms with E-state index in [1.165, 1.54) is 0 Å². The van der Waals surface area contributed by atoms with Crippen molar-refractivity contribution in [3.8, 4) is 0 Å². The number of nitrogens with one attached hydrogen (secondary N) is 1. The highest BCUT2D eigenvalue weighted by atomic mass is 16.5. The summed E-state index contributed by atoms with van der Waals surface area (Å²) in [5.41, 5.74) is 5.83. The smallest absolute Gasteiger partial charge is 0.222 e. The first-order valence-electron chi connectivity index (χ1n) is 6.09. The maximum absolute atomic E-state index is 11.3. The zero-order valence-electron chi connectivity index (χ0n) is 11.0. The summed E-state index contributed by atoms with van der Waals surface area (Å²) in [6.45, 7) is 8.96. The average Bonchev–Trinajstić information content (AvgIpc) is 2.23. The molecular weight excluding hydrogens is 204 g/mol. The minimum absolute atomic E-state index is 0.0330. The molecule has 0 aromatic rings. The summed E-state index contributed by atoms with van der Waals surface area (Å²) in [6.07, 6.45) is 2.19. The van der Waals surface area contributed by atoms with Crippen molar-refractivity contribution in [1.82, 2.24) is 5.32 Å². The van der Waals surface area contributed by atoms with Crippen molar-refractivity contribution < 1.29 is 9.53 Å². The number of amides is 1. The second-order valence-electron chi connectivity index (χ2n) is 4.59. The minimum Gasteiger partial charge on any atom is -0.379 e. The van der Waals surface area contributed by atoms with E-state index in [-0.39, 0.29) is 17.5 Å². The van der Waals surface area contributed by atoms with Crippen LogP contribution in [-0.2, 0) is 9.53 Å². The number of nitrogens with two attached hydrogens (primary N) is 1. The molecule has 0 rings (SSSR count). The summed E-state index contributed by atoms with van der Waals surface area (Å²) in [4.78, 5) is 11.3. The monoisotopic (exact) mass is 230 g/mol. The predicted molar refractivity (Wildman–Crippen MR) is 66.2 cm³/mol. The molecule has 1 amide bonds. The molecular formula is C12H26N2O2. The predicted octanol–water partition coefficient (Wildman–Crippen LogP) is 1.44. The van der Waals surface area contributed by atoms with E-state index in [4.69, 9.17) is 10.5 Å². The van der Waals surface area contributed by atoms with Gasteiger partial charge in [0.2, 0.25) is 5.91 Å². The van der Waals surface area contributed by atoms with Crippen LogP contribution in [0.5, 0.6) is 0 Å². The SMILES string of the molecule is CCC(N)(CC)COCCC(=O)NC(C)C. The molecule has 0 atom stereocenters. The summed E-state index contributed by atoms with van der Waals surface area (Å²) in [6, 6.07) is 0.187. The van der Waals surface area contributed by atoms with Crippen molar-refractivity contribution in [2.45, 2.75) is 58.5 Å². The Morgan fingerprint density at radius 3 is 2.38 bits per heavy atom. The molecule has 0 aromatic heterocycles. The van der Waals surface area contributed by atoms with Crippen LogP contribution >= 0.6 is 0 Å². The fourth-order valence-corrected chi connectivity index (χ4v) is 1.29. The Balaban J connectivity index is 3.63. The number of rotatable bonds is 8. The third-order valence-electron chi connectivity index (χ3n) is 2.72. The molecule has 0 saturated carbocycles. The molecule has 0 aliphatic rings. The third-order valence-corrected chi connectivity index (χ3v) is 2.72. The van der Waals surface area contributed by atoms with Gasteiger partial charge in [-0.2, -0.15) is 0 Å². The van der Waals surface area contributed by atoms with Crippen LogP contribution in [0.3, 0.4) is 0 Å². The van der Waals surface area contributed by atoms with Crippen LogP contribution in [0.1, 0.15) is 47.0 Å². The fraction of sp³-hybridized carbons (Fsp3) is 0.917. The molecule has 0 aliphatic carbocycles. The van der Waals surface area contributed by atoms with Crippen molar-refractivity contribution in [2.75, 3.05) is 13.2 Å². The van der Waals surface area contributed by atoms with Crippen LogP contribution in [0.4, 0.5) is 0 Å². The zero-order chi connectivity index (χ0) is 12.6. The first-order valence-corrected chi connectivity index (χ1v) is 6.09. The second kappa shape index (κ2) is 7.63. The molecule has 0 spiro atoms. The Kier molecular flexibility index (Phi) is 7.34. The standard InChI is InChI=1S/C12H26N2O2/c1-5-12(13,6-2)9-16-8-7-11(15)14-10(3)4/h10H,5-9,13H2,1-4H3,(H,14,15). The summed E-state index contributed by atoms with van der Waals surface area (Å²) in [7, 11) is 0. The number of carbonyl (C=O) groups excluding carboxylic acids is 1. The van der Waals surface area contributed by atoms with Gasteiger partial charge in [0.1, 0.15) is 0 Å². The second-order valence-corrected chi connectivity index (χ2v) is 4.59. The van der Waals surface area contributed by atoms with E-state index in [2.05, 4.69) is 19.2 Å². The summed E-state index contributed by atoms with van der Waals surface area (Å²) < 4.78 is 5.45. The van der Waals surface area contributed by atoms with Crippen molar-refractivity contribution in [1.29, 1.82) is 0 Å². The lowest BCUT2D eigenvalue weighted by Gasteiger charge is -2.26. The molecule has 0 saturated heterocycles. The van der Waals surface area contributed by atoms with E-state index in [1.807, 2.05) is 13.8 Å². The Morgan fingerprint density at radius 2 is 1.94 bits per heavy atom. The van der Waals surface area contributed by atoms with Gasteiger partial charge in [0, 0.05) is 18.0 Å². The molecule has 16 heavy (non-hydrogen) atoms. The number of ether oxygens (including phenoxy) is 1. The Morgan fingerprint density at radius 1 is 1.38 bits per heavy atom. The molecule has 0 fully saturated rings. The van der Waals surface area contributed by atoms with E-state index >= 15 is 0 Å². The van der Waals surface area contributed by atoms with Gasteiger partial charge in [-0.3, -0.25) is 4.79 Å². The highest BCUT2D eigenvalue weighted by molar-refractivity contribution is 5.76. The lowest BCUT2D eigenvalue weighted by atomic mass is 9.96. The van der Waals surface area contributed by atoms with E-state index < -0.39 is 0 Å². The number of hydrogen-bond acceptors (Lipinski definition) is 3. The van der Waals surface area contributed by atoms with Crippen molar-refractivity contribution >= 4 is 5.91 Å². The number of carbonyl (C=O) groups is 1. The number of hydrogen-bond donors (Lipinski definition) is 2. The van der Waals surface area contributed by atoms with Gasteiger partial charge >= 0.3 is 0 Å². The van der Waals surface area contributed by atoms with E-state index in [0.29, 0.717) is 19.6 Å². The third kappa shape index (κ3) is 6.80. The summed E-state index contributed by atoms with van der Waals surface area (Å²) in [5, 5.41) is 2.82. The maximum atomic E-state index is 11.3. The van der Waals surface area contributed by atoms with Gasteiger partial charge in [-0.05, 0) is 26.7 Å². The average molecular weight is 230 g/mol. The van der Waals surface area contributed by atoms with Crippen molar-refractivity contribution in [3.63, 3.8) is 0 Å². The van der Waals surface area contributed by atoms with Crippen LogP contribution in [0.15, 0.2) is 0 Å². The Hall–Kier alpha value is -0.610. The molecule has 4 nitrogen and oxygen atoms in total. The van der Waals surface area contributed by atoms with Gasteiger partial charge < -0.3 is 15.8 Å². The summed E-state index contributed by atoms with van der Waals surface area (Å²) in [5.74, 6) is 0.0330. The van der Waals surface area contributed by atoms with E-state index in [0.717, 1.165) is 12.8 Å². The van der Waals surface area contributed by atoms with Gasteiger partial charge in [0.15, 0.2) is 0 Å². The Bertz CT molecular complexity index is 201. The minimum atomic E-state index is -0.242. The van der Waals surface area contributed by atoms with Crippen LogP contribution in [0, 0.1) is 0 Å². The first kappa shape index (κ1) is 15.4. The van der Waals surface area contributed by atoms with Crippen molar-refractivity contribution in [3.05, 3.63) is 0 Å². The van der Waals surface area contributed by atoms with Crippen LogP contribution in [0.2, 0.25) is 0 Å². The molecule has 96 valence electrons. The molecule has 0 bridgehead atoms. The molecule has 3 N–H and O–H groups in total. The zero-order valence-corrected chi connectivity index (χ0v) is 11.0. The molecule has 0 radical (unpaired) electrons. The molecule has 0 heterocycles. The highest BCUT2D eigenvalue weighted by Gasteiger charge is 2.20. The van der Waals surface area contributed by atoms with Crippen LogP contribution in [-0.4, -0.2) is 30.7 Å². The molecule has 4 heteroatoms. The van der Waals surface area contributed by atoms with E-state index in [1.54, 1.807) is 0 Å². The fourth-order valence-electron chi connectivity index (χ4n) is 1.29. The first-order chi connectivity index (χ1) is 7.43. The topological polar surface area (TPSA) is 64.3 Å². The van der Waals surface area contributed by atoms with Crippen molar-refractivity contribution in [2.24, 2.45) is 5.73 Å². The maximum Gasteiger partial charge on any atom is 0.222 e. The Labute approximate surface area is 98.9 Å². The van der Waals surface area contributed by atoms with Crippen LogP contribution in [0.25, 0.3) is 0 Å². The van der Waals surface area contributed by atoms with Gasteiger partial charge in [-0.1, -0.05) is 13.8 Å². The molecule has 0 aromatic carbocycles. The largest absolute Gasteiger partial charge is 0.379 e. The van der Waals surface area contributed by atoms with Gasteiger partial charge in [0.05, 0.1) is 13.2 Å². The van der Waals surface area contributed by atoms with Gasteiger partial charge in [-0.25, -0.2) is 0 Å². The normalized spacial score (nSPS) is 11.9. The lowest BCUT2D eigenvalue weighted by molar-refractivity contribution is -0.122. The lowest BCUT2D eigenvalue weighted by Crippen LogP contribution is -2.43. The van der Waals surface area contributed by atoms with Gasteiger partial charge in [-0.15, -0.1) is 0 Å². The highest BCUT2D eigenvalue weighted by Crippen LogP contribution is 2.11.